The third-order valence-corrected chi connectivity index (χ3v) is 5.39. The number of anilines is 2. The van der Waals surface area contributed by atoms with Crippen LogP contribution in [0.5, 0.6) is 0 Å². The lowest BCUT2D eigenvalue weighted by Crippen LogP contribution is -2.49. The van der Waals surface area contributed by atoms with E-state index in [0.29, 0.717) is 12.0 Å². The van der Waals surface area contributed by atoms with Crippen molar-refractivity contribution in [1.29, 1.82) is 0 Å². The molecule has 1 aromatic carbocycles. The molecule has 4 heteroatoms. The lowest BCUT2D eigenvalue weighted by Gasteiger charge is -2.44. The largest absolute Gasteiger partial charge is 0.352 e. The molecule has 2 aromatic rings. The average molecular weight is 353 g/mol. The molecule has 2 heterocycles. The van der Waals surface area contributed by atoms with E-state index >= 15 is 0 Å². The van der Waals surface area contributed by atoms with Crippen LogP contribution in [0.15, 0.2) is 30.3 Å². The zero-order chi connectivity index (χ0) is 18.9. The van der Waals surface area contributed by atoms with E-state index in [1.807, 2.05) is 0 Å². The van der Waals surface area contributed by atoms with Crippen LogP contribution in [0.25, 0.3) is 0 Å². The highest BCUT2D eigenvalue weighted by Crippen LogP contribution is 2.35. The van der Waals surface area contributed by atoms with Crippen molar-refractivity contribution in [2.24, 2.45) is 0 Å². The third kappa shape index (κ3) is 3.84. The summed E-state index contributed by atoms with van der Waals surface area (Å²) in [6.07, 6.45) is 2.07. The number of rotatable bonds is 5. The van der Waals surface area contributed by atoms with Gasteiger partial charge in [0.2, 0.25) is 5.95 Å². The molecule has 26 heavy (non-hydrogen) atoms. The fourth-order valence-corrected chi connectivity index (χ4v) is 3.49. The summed E-state index contributed by atoms with van der Waals surface area (Å²) >= 11 is 0. The maximum atomic E-state index is 4.90. The summed E-state index contributed by atoms with van der Waals surface area (Å²) in [5.41, 5.74) is 3.96. The summed E-state index contributed by atoms with van der Waals surface area (Å²) in [5.74, 6) is 2.14. The van der Waals surface area contributed by atoms with Crippen LogP contribution in [0.3, 0.4) is 0 Å². The number of nitrogens with one attached hydrogen (secondary N) is 1. The van der Waals surface area contributed by atoms with E-state index in [0.717, 1.165) is 36.8 Å². The predicted molar refractivity (Wildman–Crippen MR) is 110 cm³/mol. The molecule has 0 saturated carbocycles. The molecule has 0 radical (unpaired) electrons. The minimum Gasteiger partial charge on any atom is -0.352 e. The lowest BCUT2D eigenvalue weighted by molar-refractivity contribution is 0.427. The third-order valence-electron chi connectivity index (χ3n) is 5.39. The van der Waals surface area contributed by atoms with Crippen LogP contribution >= 0.6 is 0 Å². The van der Waals surface area contributed by atoms with Gasteiger partial charge in [-0.1, -0.05) is 45.0 Å². The second-order valence-corrected chi connectivity index (χ2v) is 8.43. The van der Waals surface area contributed by atoms with Gasteiger partial charge in [0, 0.05) is 24.2 Å². The number of aromatic nitrogens is 2. The fraction of sp³-hybridized carbons (Fsp3) is 0.545. The van der Waals surface area contributed by atoms with Crippen molar-refractivity contribution in [3.8, 4) is 0 Å². The van der Waals surface area contributed by atoms with Gasteiger partial charge in [-0.15, -0.1) is 0 Å². The quantitative estimate of drug-likeness (QED) is 0.808. The summed E-state index contributed by atoms with van der Waals surface area (Å²) in [7, 11) is 0. The van der Waals surface area contributed by atoms with E-state index in [4.69, 9.17) is 9.97 Å². The lowest BCUT2D eigenvalue weighted by atomic mass is 9.85. The Morgan fingerprint density at radius 3 is 2.46 bits per heavy atom. The fourth-order valence-electron chi connectivity index (χ4n) is 3.49. The van der Waals surface area contributed by atoms with Gasteiger partial charge >= 0.3 is 0 Å². The second-order valence-electron chi connectivity index (χ2n) is 8.43. The molecular formula is C22H32N4. The minimum atomic E-state index is 0.0185. The zero-order valence-corrected chi connectivity index (χ0v) is 17.0. The van der Waals surface area contributed by atoms with Gasteiger partial charge in [0.05, 0.1) is 5.69 Å². The first kappa shape index (κ1) is 18.7. The van der Waals surface area contributed by atoms with Gasteiger partial charge in [0.15, 0.2) is 0 Å². The van der Waals surface area contributed by atoms with Crippen LogP contribution in [0, 0.1) is 0 Å². The van der Waals surface area contributed by atoms with Crippen molar-refractivity contribution in [2.45, 2.75) is 78.4 Å². The smallest absolute Gasteiger partial charge is 0.225 e. The molecule has 1 aliphatic rings. The Labute approximate surface area is 158 Å². The summed E-state index contributed by atoms with van der Waals surface area (Å²) in [5, 5.41) is 3.46. The first-order chi connectivity index (χ1) is 12.3. The molecule has 1 atom stereocenters. The van der Waals surface area contributed by atoms with Gasteiger partial charge in [0.1, 0.15) is 5.82 Å². The predicted octanol–water partition coefficient (Wildman–Crippen LogP) is 5.15. The molecule has 0 fully saturated rings. The molecule has 0 saturated heterocycles. The van der Waals surface area contributed by atoms with E-state index in [9.17, 15) is 0 Å². The Morgan fingerprint density at radius 1 is 1.12 bits per heavy atom. The van der Waals surface area contributed by atoms with Gasteiger partial charge in [-0.3, -0.25) is 0 Å². The van der Waals surface area contributed by atoms with Gasteiger partial charge in [0.25, 0.3) is 0 Å². The van der Waals surface area contributed by atoms with Crippen molar-refractivity contribution < 1.29 is 0 Å². The molecule has 0 unspecified atom stereocenters. The van der Waals surface area contributed by atoms with Crippen LogP contribution in [-0.2, 0) is 13.0 Å². The molecule has 1 N–H and O–H groups in total. The highest BCUT2D eigenvalue weighted by Gasteiger charge is 2.34. The van der Waals surface area contributed by atoms with E-state index in [-0.39, 0.29) is 5.54 Å². The number of fused-ring (bicyclic) bond motifs is 1. The first-order valence-corrected chi connectivity index (χ1v) is 9.80. The van der Waals surface area contributed by atoms with Crippen molar-refractivity contribution in [1.82, 2.24) is 9.97 Å². The SMILES string of the molecule is CC[C@H](C)Nc1nc(C(C)C)cc(N2Cc3ccccc3CC2(C)C)n1. The standard InChI is InChI=1S/C22H32N4/c1-7-16(4)23-21-24-19(15(2)3)12-20(25-21)26-14-18-11-9-8-10-17(18)13-22(26,5)6/h8-12,15-16H,7,13-14H2,1-6H3,(H,23,24,25)/t16-/m0/s1. The first-order valence-electron chi connectivity index (χ1n) is 9.80. The molecule has 1 aliphatic heterocycles. The maximum Gasteiger partial charge on any atom is 0.225 e. The van der Waals surface area contributed by atoms with Crippen LogP contribution in [0.1, 0.15) is 70.7 Å². The zero-order valence-electron chi connectivity index (χ0n) is 17.0. The summed E-state index contributed by atoms with van der Waals surface area (Å²) in [4.78, 5) is 12.1. The summed E-state index contributed by atoms with van der Waals surface area (Å²) in [6, 6.07) is 11.3. The van der Waals surface area contributed by atoms with Crippen molar-refractivity contribution in [3.63, 3.8) is 0 Å². The average Bonchev–Trinajstić information content (AvgIpc) is 2.59. The van der Waals surface area contributed by atoms with Gasteiger partial charge in [-0.2, -0.15) is 4.98 Å². The molecule has 140 valence electrons. The number of benzene rings is 1. The van der Waals surface area contributed by atoms with Crippen LogP contribution in [0.4, 0.5) is 11.8 Å². The molecule has 0 bridgehead atoms. The van der Waals surface area contributed by atoms with E-state index in [2.05, 4.69) is 82.1 Å². The topological polar surface area (TPSA) is 41.1 Å². The normalized spacial score (nSPS) is 17.1. The van der Waals surface area contributed by atoms with E-state index < -0.39 is 0 Å². The van der Waals surface area contributed by atoms with Crippen molar-refractivity contribution in [2.75, 3.05) is 10.2 Å². The molecular weight excluding hydrogens is 320 g/mol. The Kier molecular flexibility index (Phi) is 5.22. The molecule has 0 amide bonds. The van der Waals surface area contributed by atoms with Gasteiger partial charge < -0.3 is 10.2 Å². The number of hydrogen-bond donors (Lipinski definition) is 1. The second kappa shape index (κ2) is 7.26. The number of hydrogen-bond acceptors (Lipinski definition) is 4. The molecule has 3 rings (SSSR count). The molecule has 0 spiro atoms. The minimum absolute atomic E-state index is 0.0185. The van der Waals surface area contributed by atoms with E-state index in [1.165, 1.54) is 11.1 Å². The highest BCUT2D eigenvalue weighted by molar-refractivity contribution is 5.51. The van der Waals surface area contributed by atoms with Crippen LogP contribution in [0.2, 0.25) is 0 Å². The van der Waals surface area contributed by atoms with Crippen LogP contribution in [-0.4, -0.2) is 21.5 Å². The highest BCUT2D eigenvalue weighted by atomic mass is 15.3. The van der Waals surface area contributed by atoms with E-state index in [1.54, 1.807) is 0 Å². The maximum absolute atomic E-state index is 4.90. The Morgan fingerprint density at radius 2 is 1.81 bits per heavy atom. The van der Waals surface area contributed by atoms with Crippen LogP contribution < -0.4 is 10.2 Å². The molecule has 4 nitrogen and oxygen atoms in total. The van der Waals surface area contributed by atoms with Crippen molar-refractivity contribution >= 4 is 11.8 Å². The van der Waals surface area contributed by atoms with Gasteiger partial charge in [-0.05, 0) is 50.7 Å². The molecule has 0 aliphatic carbocycles. The Balaban J connectivity index is 2.01. The Bertz CT molecular complexity index is 766. The van der Waals surface area contributed by atoms with Gasteiger partial charge in [-0.25, -0.2) is 4.98 Å². The monoisotopic (exact) mass is 352 g/mol. The summed E-state index contributed by atoms with van der Waals surface area (Å²) < 4.78 is 0. The van der Waals surface area contributed by atoms with Crippen molar-refractivity contribution in [3.05, 3.63) is 47.2 Å². The molecule has 1 aromatic heterocycles. The number of nitrogens with zero attached hydrogens (tertiary/aromatic N) is 3. The Hall–Kier alpha value is -2.10. The summed E-state index contributed by atoms with van der Waals surface area (Å²) in [6.45, 7) is 14.2.